The van der Waals surface area contributed by atoms with E-state index in [1.54, 1.807) is 0 Å². The van der Waals surface area contributed by atoms with Gasteiger partial charge in [0.25, 0.3) is 0 Å². The first-order chi connectivity index (χ1) is 35.2. The molecule has 0 aliphatic heterocycles. The van der Waals surface area contributed by atoms with Crippen molar-refractivity contribution >= 4 is 87.0 Å². The molecule has 0 atom stereocenters. The summed E-state index contributed by atoms with van der Waals surface area (Å²) in [6, 6.07) is 89.9. The standard InChI is InChI=1S/C66H41N5/c1-2-20-46(21-3-1)69-62-31-13-10-26-54(62)55-38-44(32-35-63(55)69)45-33-36-64-56(39-45)57-40-47(70-60-29-11-8-24-52(60)53-25-9-12-30-61(53)70)34-37-65(57)71(64)66-67-58(50-27-14-18-42-16-4-6-22-48(42)50)41-59(68-66)51-28-15-19-43-17-5-7-23-49(43)51/h1-41H. The van der Waals surface area contributed by atoms with E-state index in [-0.39, 0.29) is 0 Å². The number of para-hydroxylation sites is 4. The third kappa shape index (κ3) is 6.06. The van der Waals surface area contributed by atoms with Gasteiger partial charge in [0.15, 0.2) is 0 Å². The highest BCUT2D eigenvalue weighted by atomic mass is 15.2. The van der Waals surface area contributed by atoms with Crippen LogP contribution in [0.3, 0.4) is 0 Å². The van der Waals surface area contributed by atoms with E-state index in [0.717, 1.165) is 77.6 Å². The highest BCUT2D eigenvalue weighted by Crippen LogP contribution is 2.41. The second-order valence-electron chi connectivity index (χ2n) is 18.6. The predicted molar refractivity (Wildman–Crippen MR) is 296 cm³/mol. The number of hydrogen-bond acceptors (Lipinski definition) is 2. The molecule has 11 aromatic carbocycles. The maximum absolute atomic E-state index is 5.57. The van der Waals surface area contributed by atoms with Crippen molar-refractivity contribution in [2.24, 2.45) is 0 Å². The molecule has 0 spiro atoms. The van der Waals surface area contributed by atoms with Crippen LogP contribution in [0.25, 0.3) is 138 Å². The first-order valence-electron chi connectivity index (χ1n) is 24.2. The molecule has 4 heterocycles. The van der Waals surface area contributed by atoms with Crippen molar-refractivity contribution < 1.29 is 0 Å². The van der Waals surface area contributed by atoms with Gasteiger partial charge in [0.05, 0.1) is 44.5 Å². The van der Waals surface area contributed by atoms with Gasteiger partial charge < -0.3 is 9.13 Å². The molecule has 0 saturated carbocycles. The molecule has 330 valence electrons. The molecule has 71 heavy (non-hydrogen) atoms. The summed E-state index contributed by atoms with van der Waals surface area (Å²) in [4.78, 5) is 11.1. The Bertz CT molecular complexity index is 4490. The third-order valence-electron chi connectivity index (χ3n) is 14.7. The molecule has 0 unspecified atom stereocenters. The summed E-state index contributed by atoms with van der Waals surface area (Å²) in [7, 11) is 0. The Hall–Kier alpha value is -9.58. The molecule has 0 N–H and O–H groups in total. The Labute approximate surface area is 408 Å². The van der Waals surface area contributed by atoms with E-state index >= 15 is 0 Å². The number of fused-ring (bicyclic) bond motifs is 11. The maximum Gasteiger partial charge on any atom is 0.235 e. The molecule has 0 amide bonds. The molecule has 5 heteroatoms. The van der Waals surface area contributed by atoms with Gasteiger partial charge in [-0.25, -0.2) is 9.97 Å². The molecule has 5 nitrogen and oxygen atoms in total. The molecule has 0 fully saturated rings. The molecule has 0 aliphatic rings. The van der Waals surface area contributed by atoms with E-state index in [0.29, 0.717) is 5.95 Å². The molecule has 15 rings (SSSR count). The summed E-state index contributed by atoms with van der Waals surface area (Å²) >= 11 is 0. The first-order valence-corrected chi connectivity index (χ1v) is 24.2. The third-order valence-corrected chi connectivity index (χ3v) is 14.7. The van der Waals surface area contributed by atoms with Crippen LogP contribution < -0.4 is 0 Å². The molecule has 15 aromatic rings. The van der Waals surface area contributed by atoms with E-state index in [4.69, 9.17) is 9.97 Å². The maximum atomic E-state index is 5.57. The summed E-state index contributed by atoms with van der Waals surface area (Å²) in [5, 5.41) is 11.8. The molecule has 0 saturated heterocycles. The van der Waals surface area contributed by atoms with Crippen LogP contribution in [-0.2, 0) is 0 Å². The lowest BCUT2D eigenvalue weighted by atomic mass is 9.99. The minimum absolute atomic E-state index is 0.617. The van der Waals surface area contributed by atoms with E-state index in [9.17, 15) is 0 Å². The Morgan fingerprint density at radius 1 is 0.239 bits per heavy atom. The first kappa shape index (κ1) is 39.4. The van der Waals surface area contributed by atoms with Gasteiger partial charge in [0, 0.05) is 54.8 Å². The van der Waals surface area contributed by atoms with Crippen LogP contribution in [0, 0.1) is 0 Å². The Balaban J connectivity index is 1.01. The quantitative estimate of drug-likeness (QED) is 0.167. The second kappa shape index (κ2) is 15.5. The zero-order chi connectivity index (χ0) is 46.6. The number of aromatic nitrogens is 5. The van der Waals surface area contributed by atoms with Gasteiger partial charge in [-0.15, -0.1) is 0 Å². The number of hydrogen-bond donors (Lipinski definition) is 0. The van der Waals surface area contributed by atoms with Crippen molar-refractivity contribution in [2.45, 2.75) is 0 Å². The molecular weight excluding hydrogens is 863 g/mol. The van der Waals surface area contributed by atoms with Crippen LogP contribution in [-0.4, -0.2) is 23.7 Å². The lowest BCUT2D eigenvalue weighted by Gasteiger charge is -2.14. The highest BCUT2D eigenvalue weighted by molar-refractivity contribution is 6.14. The molecule has 0 aliphatic carbocycles. The van der Waals surface area contributed by atoms with E-state index in [2.05, 4.69) is 262 Å². The number of rotatable bonds is 6. The van der Waals surface area contributed by atoms with Gasteiger partial charge in [-0.3, -0.25) is 4.57 Å². The summed E-state index contributed by atoms with van der Waals surface area (Å²) in [6.45, 7) is 0. The SMILES string of the molecule is c1ccc(-n2c3ccccc3c3cc(-c4ccc5c(c4)c4cc(-n6c7ccccc7c7ccccc76)ccc4n5-c4nc(-c5cccc6ccccc56)cc(-c5cccc6ccccc56)n4)ccc32)cc1. The zero-order valence-corrected chi connectivity index (χ0v) is 38.4. The van der Waals surface area contributed by atoms with Gasteiger partial charge in [0.2, 0.25) is 5.95 Å². The number of nitrogens with zero attached hydrogens (tertiary/aromatic N) is 5. The van der Waals surface area contributed by atoms with Crippen molar-refractivity contribution in [2.75, 3.05) is 0 Å². The van der Waals surface area contributed by atoms with Crippen LogP contribution in [0.15, 0.2) is 249 Å². The fraction of sp³-hybridized carbons (Fsp3) is 0. The zero-order valence-electron chi connectivity index (χ0n) is 38.4. The van der Waals surface area contributed by atoms with Gasteiger partial charge in [0.1, 0.15) is 0 Å². The van der Waals surface area contributed by atoms with E-state index in [1.165, 1.54) is 54.4 Å². The number of benzene rings is 11. The highest BCUT2D eigenvalue weighted by Gasteiger charge is 2.22. The molecule has 4 aromatic heterocycles. The minimum atomic E-state index is 0.617. The average molecular weight is 904 g/mol. The van der Waals surface area contributed by atoms with Crippen molar-refractivity contribution in [3.63, 3.8) is 0 Å². The van der Waals surface area contributed by atoms with Crippen molar-refractivity contribution in [3.8, 4) is 51.0 Å². The molecular formula is C66H41N5. The van der Waals surface area contributed by atoms with E-state index in [1.807, 2.05) is 0 Å². The average Bonchev–Trinajstić information content (AvgIpc) is 4.08. The Morgan fingerprint density at radius 3 is 1.20 bits per heavy atom. The smallest absolute Gasteiger partial charge is 0.235 e. The van der Waals surface area contributed by atoms with Crippen LogP contribution in [0.1, 0.15) is 0 Å². The lowest BCUT2D eigenvalue weighted by molar-refractivity contribution is 0.996. The fourth-order valence-corrected chi connectivity index (χ4v) is 11.5. The van der Waals surface area contributed by atoms with Crippen molar-refractivity contribution in [1.82, 2.24) is 23.7 Å². The second-order valence-corrected chi connectivity index (χ2v) is 18.6. The molecule has 0 bridgehead atoms. The lowest BCUT2D eigenvalue weighted by Crippen LogP contribution is -2.04. The van der Waals surface area contributed by atoms with Crippen molar-refractivity contribution in [1.29, 1.82) is 0 Å². The van der Waals surface area contributed by atoms with Gasteiger partial charge in [-0.2, -0.15) is 0 Å². The topological polar surface area (TPSA) is 40.6 Å². The largest absolute Gasteiger partial charge is 0.309 e. The normalized spacial score (nSPS) is 11.9. The van der Waals surface area contributed by atoms with Gasteiger partial charge in [-0.05, 0) is 112 Å². The van der Waals surface area contributed by atoms with Crippen LogP contribution in [0.5, 0.6) is 0 Å². The van der Waals surface area contributed by atoms with Crippen LogP contribution in [0.4, 0.5) is 0 Å². The summed E-state index contributed by atoms with van der Waals surface area (Å²) in [5.41, 5.74) is 15.2. The van der Waals surface area contributed by atoms with Gasteiger partial charge in [-0.1, -0.05) is 170 Å². The summed E-state index contributed by atoms with van der Waals surface area (Å²) in [6.07, 6.45) is 0. The van der Waals surface area contributed by atoms with E-state index < -0.39 is 0 Å². The Kier molecular flexibility index (Phi) is 8.59. The summed E-state index contributed by atoms with van der Waals surface area (Å²) in [5.74, 6) is 0.617. The minimum Gasteiger partial charge on any atom is -0.309 e. The van der Waals surface area contributed by atoms with Crippen molar-refractivity contribution in [3.05, 3.63) is 249 Å². The van der Waals surface area contributed by atoms with Crippen LogP contribution in [0.2, 0.25) is 0 Å². The summed E-state index contributed by atoms with van der Waals surface area (Å²) < 4.78 is 7.06. The predicted octanol–water partition coefficient (Wildman–Crippen LogP) is 17.1. The molecule has 0 radical (unpaired) electrons. The monoisotopic (exact) mass is 903 g/mol. The van der Waals surface area contributed by atoms with Gasteiger partial charge >= 0.3 is 0 Å². The van der Waals surface area contributed by atoms with Crippen LogP contribution >= 0.6 is 0 Å². The fourth-order valence-electron chi connectivity index (χ4n) is 11.5. The Morgan fingerprint density at radius 2 is 0.634 bits per heavy atom.